The van der Waals surface area contributed by atoms with Gasteiger partial charge in [0.1, 0.15) is 0 Å². The highest BCUT2D eigenvalue weighted by atomic mass is 32.1. The molecule has 0 unspecified atom stereocenters. The van der Waals surface area contributed by atoms with Gasteiger partial charge in [0.25, 0.3) is 5.91 Å². The Hall–Kier alpha value is -1.88. The lowest BCUT2D eigenvalue weighted by atomic mass is 9.95. The summed E-state index contributed by atoms with van der Waals surface area (Å²) in [6.45, 7) is 4.22. The van der Waals surface area contributed by atoms with E-state index in [9.17, 15) is 4.79 Å². The topological polar surface area (TPSA) is 53.2 Å². The average molecular weight is 317 g/mol. The Labute approximate surface area is 137 Å². The maximum absolute atomic E-state index is 12.5. The Kier molecular flexibility index (Phi) is 6.40. The second kappa shape index (κ2) is 8.54. The van der Waals surface area contributed by atoms with Gasteiger partial charge >= 0.3 is 0 Å². The van der Waals surface area contributed by atoms with Gasteiger partial charge in [-0.15, -0.1) is 6.58 Å². The van der Waals surface area contributed by atoms with Gasteiger partial charge in [-0.1, -0.05) is 37.5 Å². The standard InChI is InChI=1S/C17H23N3OS/c1-2-12-18-17(22)20-15-11-7-6-10-14(15)16(21)19-13-8-4-3-5-9-13/h2,6-7,10-11,13H,1,3-5,8-9,12H2,(H,19,21)(H2,18,20,22). The largest absolute Gasteiger partial charge is 0.359 e. The van der Waals surface area contributed by atoms with E-state index in [1.54, 1.807) is 6.08 Å². The highest BCUT2D eigenvalue weighted by Crippen LogP contribution is 2.20. The molecule has 1 aromatic rings. The van der Waals surface area contributed by atoms with Gasteiger partial charge < -0.3 is 16.0 Å². The van der Waals surface area contributed by atoms with E-state index in [2.05, 4.69) is 22.5 Å². The quantitative estimate of drug-likeness (QED) is 0.576. The van der Waals surface area contributed by atoms with Gasteiger partial charge in [0.2, 0.25) is 0 Å². The first-order valence-corrected chi connectivity index (χ1v) is 8.17. The number of rotatable bonds is 5. The Morgan fingerprint density at radius 3 is 2.73 bits per heavy atom. The van der Waals surface area contributed by atoms with E-state index in [1.165, 1.54) is 19.3 Å². The predicted molar refractivity (Wildman–Crippen MR) is 95.2 cm³/mol. The summed E-state index contributed by atoms with van der Waals surface area (Å²) < 4.78 is 0. The van der Waals surface area contributed by atoms with E-state index in [0.29, 0.717) is 23.3 Å². The number of thiocarbonyl (C=S) groups is 1. The third-order valence-corrected chi connectivity index (χ3v) is 4.01. The van der Waals surface area contributed by atoms with E-state index in [0.717, 1.165) is 18.5 Å². The summed E-state index contributed by atoms with van der Waals surface area (Å²) >= 11 is 5.21. The van der Waals surface area contributed by atoms with Gasteiger partial charge in [0, 0.05) is 12.6 Å². The molecule has 0 heterocycles. The molecule has 0 aliphatic heterocycles. The number of carbonyl (C=O) groups excluding carboxylic acids is 1. The van der Waals surface area contributed by atoms with Gasteiger partial charge in [-0.2, -0.15) is 0 Å². The van der Waals surface area contributed by atoms with Gasteiger partial charge in [-0.05, 0) is 37.2 Å². The zero-order valence-corrected chi connectivity index (χ0v) is 13.5. The molecule has 118 valence electrons. The van der Waals surface area contributed by atoms with E-state index in [-0.39, 0.29) is 5.91 Å². The minimum atomic E-state index is -0.0403. The van der Waals surface area contributed by atoms with Crippen molar-refractivity contribution in [3.05, 3.63) is 42.5 Å². The minimum Gasteiger partial charge on any atom is -0.359 e. The van der Waals surface area contributed by atoms with E-state index in [4.69, 9.17) is 12.2 Å². The number of hydrogen-bond donors (Lipinski definition) is 3. The summed E-state index contributed by atoms with van der Waals surface area (Å²) in [4.78, 5) is 12.5. The van der Waals surface area contributed by atoms with E-state index in [1.807, 2.05) is 24.3 Å². The van der Waals surface area contributed by atoms with Crippen LogP contribution in [0, 0.1) is 0 Å². The number of carbonyl (C=O) groups is 1. The van der Waals surface area contributed by atoms with Crippen molar-refractivity contribution in [2.24, 2.45) is 0 Å². The summed E-state index contributed by atoms with van der Waals surface area (Å²) in [5, 5.41) is 9.69. The predicted octanol–water partition coefficient (Wildman–Crippen LogP) is 3.22. The molecule has 1 fully saturated rings. The molecule has 5 heteroatoms. The molecular formula is C17H23N3OS. The van der Waals surface area contributed by atoms with Crippen LogP contribution in [0.25, 0.3) is 0 Å². The molecule has 3 N–H and O–H groups in total. The molecule has 0 saturated heterocycles. The second-order valence-corrected chi connectivity index (χ2v) is 5.89. The van der Waals surface area contributed by atoms with Crippen LogP contribution >= 0.6 is 12.2 Å². The molecule has 1 aromatic carbocycles. The van der Waals surface area contributed by atoms with Crippen molar-refractivity contribution in [1.29, 1.82) is 0 Å². The molecule has 1 amide bonds. The van der Waals surface area contributed by atoms with Crippen LogP contribution in [0.3, 0.4) is 0 Å². The average Bonchev–Trinajstić information content (AvgIpc) is 2.54. The third-order valence-electron chi connectivity index (χ3n) is 3.77. The first-order valence-electron chi connectivity index (χ1n) is 7.76. The van der Waals surface area contributed by atoms with Crippen LogP contribution < -0.4 is 16.0 Å². The SMILES string of the molecule is C=CCNC(=S)Nc1ccccc1C(=O)NC1CCCCC1. The van der Waals surface area contributed by atoms with Crippen LogP contribution in [-0.2, 0) is 0 Å². The maximum atomic E-state index is 12.5. The van der Waals surface area contributed by atoms with Gasteiger partial charge in [-0.25, -0.2) is 0 Å². The normalized spacial score (nSPS) is 14.9. The summed E-state index contributed by atoms with van der Waals surface area (Å²) in [5.41, 5.74) is 1.34. The fourth-order valence-corrected chi connectivity index (χ4v) is 2.82. The highest BCUT2D eigenvalue weighted by molar-refractivity contribution is 7.80. The molecule has 0 atom stereocenters. The van der Waals surface area contributed by atoms with Crippen LogP contribution in [0.5, 0.6) is 0 Å². The monoisotopic (exact) mass is 317 g/mol. The molecular weight excluding hydrogens is 294 g/mol. The van der Waals surface area contributed by atoms with Crippen LogP contribution in [0.15, 0.2) is 36.9 Å². The third kappa shape index (κ3) is 4.84. The Bertz CT molecular complexity index is 538. The summed E-state index contributed by atoms with van der Waals surface area (Å²) in [7, 11) is 0. The maximum Gasteiger partial charge on any atom is 0.253 e. The molecule has 0 bridgehead atoms. The second-order valence-electron chi connectivity index (χ2n) is 5.48. The van der Waals surface area contributed by atoms with Crippen molar-refractivity contribution >= 4 is 28.9 Å². The molecule has 2 rings (SSSR count). The van der Waals surface area contributed by atoms with Crippen molar-refractivity contribution < 1.29 is 4.79 Å². The first kappa shape index (κ1) is 16.5. The molecule has 0 radical (unpaired) electrons. The Balaban J connectivity index is 2.01. The van der Waals surface area contributed by atoms with Crippen molar-refractivity contribution in [1.82, 2.24) is 10.6 Å². The summed E-state index contributed by atoms with van der Waals surface area (Å²) in [6.07, 6.45) is 7.53. The highest BCUT2D eigenvalue weighted by Gasteiger charge is 2.18. The van der Waals surface area contributed by atoms with Crippen LogP contribution in [0.2, 0.25) is 0 Å². The fraction of sp³-hybridized carbons (Fsp3) is 0.412. The summed E-state index contributed by atoms with van der Waals surface area (Å²) in [5.74, 6) is -0.0403. The van der Waals surface area contributed by atoms with Crippen molar-refractivity contribution in [2.45, 2.75) is 38.1 Å². The van der Waals surface area contributed by atoms with E-state index < -0.39 is 0 Å². The number of anilines is 1. The summed E-state index contributed by atoms with van der Waals surface area (Å²) in [6, 6.07) is 7.71. The van der Waals surface area contributed by atoms with Crippen molar-refractivity contribution in [3.8, 4) is 0 Å². The molecule has 4 nitrogen and oxygen atoms in total. The molecule has 0 spiro atoms. The van der Waals surface area contributed by atoms with Crippen molar-refractivity contribution in [2.75, 3.05) is 11.9 Å². The smallest absolute Gasteiger partial charge is 0.253 e. The number of para-hydroxylation sites is 1. The molecule has 22 heavy (non-hydrogen) atoms. The lowest BCUT2D eigenvalue weighted by Crippen LogP contribution is -2.37. The van der Waals surface area contributed by atoms with Crippen LogP contribution in [-0.4, -0.2) is 23.6 Å². The number of nitrogens with one attached hydrogen (secondary N) is 3. The number of amides is 1. The van der Waals surface area contributed by atoms with Gasteiger partial charge in [0.05, 0.1) is 11.3 Å². The van der Waals surface area contributed by atoms with Crippen LogP contribution in [0.4, 0.5) is 5.69 Å². The molecule has 1 aliphatic carbocycles. The zero-order valence-electron chi connectivity index (χ0n) is 12.7. The minimum absolute atomic E-state index is 0.0403. The zero-order chi connectivity index (χ0) is 15.8. The number of benzene rings is 1. The first-order chi connectivity index (χ1) is 10.7. The van der Waals surface area contributed by atoms with Crippen molar-refractivity contribution in [3.63, 3.8) is 0 Å². The molecule has 0 aromatic heterocycles. The number of hydrogen-bond acceptors (Lipinski definition) is 2. The molecule has 1 saturated carbocycles. The molecule has 1 aliphatic rings. The van der Waals surface area contributed by atoms with E-state index >= 15 is 0 Å². The van der Waals surface area contributed by atoms with Crippen LogP contribution in [0.1, 0.15) is 42.5 Å². The Morgan fingerprint density at radius 1 is 1.27 bits per heavy atom. The Morgan fingerprint density at radius 2 is 2.00 bits per heavy atom. The lowest BCUT2D eigenvalue weighted by molar-refractivity contribution is 0.0928. The van der Waals surface area contributed by atoms with Gasteiger partial charge in [-0.3, -0.25) is 4.79 Å². The fourth-order valence-electron chi connectivity index (χ4n) is 2.63. The lowest BCUT2D eigenvalue weighted by Gasteiger charge is -2.23. The van der Waals surface area contributed by atoms with Gasteiger partial charge in [0.15, 0.2) is 5.11 Å².